The zero-order chi connectivity index (χ0) is 20.7. The lowest BCUT2D eigenvalue weighted by Gasteiger charge is -2.26. The number of fused-ring (bicyclic) bond motifs is 1. The summed E-state index contributed by atoms with van der Waals surface area (Å²) in [6.45, 7) is 2.18. The van der Waals surface area contributed by atoms with E-state index in [1.165, 1.54) is 6.20 Å². The molecule has 1 aliphatic carbocycles. The molecule has 7 nitrogen and oxygen atoms in total. The van der Waals surface area contributed by atoms with Gasteiger partial charge in [-0.2, -0.15) is 9.78 Å². The minimum atomic E-state index is -0.746. The molecule has 0 radical (unpaired) electrons. The third-order valence-corrected chi connectivity index (χ3v) is 6.74. The minimum Gasteiger partial charge on any atom is -0.364 e. The van der Waals surface area contributed by atoms with Crippen LogP contribution in [0.25, 0.3) is 0 Å². The quantitative estimate of drug-likeness (QED) is 0.799. The molecular formula is C20H23Cl2N5O2. The first-order chi connectivity index (χ1) is 13.8. The Hall–Kier alpha value is -2.09. The van der Waals surface area contributed by atoms with Gasteiger partial charge in [0.2, 0.25) is 0 Å². The van der Waals surface area contributed by atoms with Crippen LogP contribution in [0.4, 0.5) is 4.79 Å². The van der Waals surface area contributed by atoms with Crippen molar-refractivity contribution < 1.29 is 9.59 Å². The molecule has 1 aromatic carbocycles. The van der Waals surface area contributed by atoms with Crippen LogP contribution < -0.4 is 5.73 Å². The van der Waals surface area contributed by atoms with Crippen LogP contribution in [0.5, 0.6) is 0 Å². The molecule has 2 atom stereocenters. The minimum absolute atomic E-state index is 0.0827. The first kappa shape index (κ1) is 20.2. The average molecular weight is 436 g/mol. The lowest BCUT2D eigenvalue weighted by Crippen LogP contribution is -2.36. The van der Waals surface area contributed by atoms with E-state index in [-0.39, 0.29) is 16.7 Å². The fourth-order valence-electron chi connectivity index (χ4n) is 4.57. The summed E-state index contributed by atoms with van der Waals surface area (Å²) in [5.41, 5.74) is 6.28. The van der Waals surface area contributed by atoms with Gasteiger partial charge < -0.3 is 10.6 Å². The van der Waals surface area contributed by atoms with Crippen LogP contribution in [-0.2, 0) is 6.54 Å². The molecule has 2 N–H and O–H groups in total. The van der Waals surface area contributed by atoms with Gasteiger partial charge in [-0.25, -0.2) is 4.79 Å². The van der Waals surface area contributed by atoms with Crippen LogP contribution in [0.3, 0.4) is 0 Å². The van der Waals surface area contributed by atoms with Crippen molar-refractivity contribution in [2.24, 2.45) is 17.6 Å². The number of nitrogens with zero attached hydrogens (tertiary/aromatic N) is 4. The number of nitrogens with two attached hydrogens (primary N) is 1. The molecule has 2 aliphatic rings. The molecule has 2 heterocycles. The number of rotatable bonds is 4. The van der Waals surface area contributed by atoms with Gasteiger partial charge >= 0.3 is 6.03 Å². The van der Waals surface area contributed by atoms with Gasteiger partial charge in [0, 0.05) is 30.7 Å². The van der Waals surface area contributed by atoms with Crippen molar-refractivity contribution in [2.45, 2.75) is 25.4 Å². The highest BCUT2D eigenvalue weighted by Gasteiger charge is 2.44. The van der Waals surface area contributed by atoms with E-state index >= 15 is 0 Å². The number of halogens is 2. The van der Waals surface area contributed by atoms with Crippen LogP contribution in [-0.4, -0.2) is 57.7 Å². The van der Waals surface area contributed by atoms with Crippen molar-refractivity contribution in [3.63, 3.8) is 0 Å². The number of primary amides is 1. The first-order valence-corrected chi connectivity index (χ1v) is 10.4. The number of carbonyl (C=O) groups is 2. The Morgan fingerprint density at radius 2 is 1.83 bits per heavy atom. The van der Waals surface area contributed by atoms with E-state index in [2.05, 4.69) is 23.1 Å². The molecule has 1 saturated heterocycles. The molecule has 9 heteroatoms. The summed E-state index contributed by atoms with van der Waals surface area (Å²) in [7, 11) is 2.13. The number of hydrogen-bond donors (Lipinski definition) is 1. The predicted octanol–water partition coefficient (Wildman–Crippen LogP) is 3.10. The maximum absolute atomic E-state index is 12.8. The third-order valence-electron chi connectivity index (χ3n) is 6.10. The highest BCUT2D eigenvalue weighted by molar-refractivity contribution is 6.33. The van der Waals surface area contributed by atoms with Crippen LogP contribution in [0.2, 0.25) is 10.0 Å². The number of aromatic nitrogens is 2. The lowest BCUT2D eigenvalue weighted by molar-refractivity contribution is 0.0995. The van der Waals surface area contributed by atoms with Gasteiger partial charge in [0.1, 0.15) is 0 Å². The number of carbonyl (C=O) groups excluding carboxylic acids is 2. The second kappa shape index (κ2) is 7.97. The van der Waals surface area contributed by atoms with Gasteiger partial charge in [0.25, 0.3) is 5.91 Å². The molecule has 0 bridgehead atoms. The molecule has 2 unspecified atom stereocenters. The summed E-state index contributed by atoms with van der Waals surface area (Å²) < 4.78 is 1.12. The van der Waals surface area contributed by atoms with Crippen LogP contribution in [0, 0.1) is 11.8 Å². The molecule has 2 aromatic rings. The lowest BCUT2D eigenvalue weighted by atomic mass is 10.0. The molecular weight excluding hydrogens is 413 g/mol. The Labute approximate surface area is 179 Å². The molecule has 1 aliphatic heterocycles. The van der Waals surface area contributed by atoms with E-state index in [9.17, 15) is 9.59 Å². The molecule has 154 valence electrons. The summed E-state index contributed by atoms with van der Waals surface area (Å²) in [4.78, 5) is 28.2. The van der Waals surface area contributed by atoms with Crippen LogP contribution in [0.1, 0.15) is 28.9 Å². The summed E-state index contributed by atoms with van der Waals surface area (Å²) in [6, 6.07) is 8.13. The molecule has 2 fully saturated rings. The molecule has 0 spiro atoms. The van der Waals surface area contributed by atoms with E-state index in [0.29, 0.717) is 31.0 Å². The van der Waals surface area contributed by atoms with Crippen molar-refractivity contribution in [3.8, 4) is 0 Å². The van der Waals surface area contributed by atoms with Crippen LogP contribution >= 0.6 is 23.2 Å². The molecule has 29 heavy (non-hydrogen) atoms. The van der Waals surface area contributed by atoms with E-state index in [4.69, 9.17) is 28.9 Å². The number of hydrogen-bond acceptors (Lipinski definition) is 4. The topological polar surface area (TPSA) is 84.5 Å². The number of likely N-dealkylation sites (tertiary alicyclic amines) is 1. The number of benzene rings is 1. The molecule has 4 rings (SSSR count). The molecule has 2 amide bonds. The maximum atomic E-state index is 12.8. The van der Waals surface area contributed by atoms with Gasteiger partial charge in [-0.3, -0.25) is 9.69 Å². The standard InChI is InChI=1S/C20H23Cl2N5O2/c1-25(8-12-4-2-3-5-16(12)21)15-6-13-9-26(10-14(13)7-15)20(29)27-11-17(22)18(24-27)19(23)28/h2-5,11,13-15H,6-10H2,1H3,(H2,23,28). The van der Waals surface area contributed by atoms with Crippen molar-refractivity contribution in [2.75, 3.05) is 20.1 Å². The Balaban J connectivity index is 1.36. The first-order valence-electron chi connectivity index (χ1n) is 9.61. The van der Waals surface area contributed by atoms with Gasteiger partial charge in [0.15, 0.2) is 5.69 Å². The van der Waals surface area contributed by atoms with E-state index < -0.39 is 5.91 Å². The predicted molar refractivity (Wildman–Crippen MR) is 111 cm³/mol. The zero-order valence-corrected chi connectivity index (χ0v) is 17.6. The average Bonchev–Trinajstić information content (AvgIpc) is 3.35. The van der Waals surface area contributed by atoms with Crippen LogP contribution in [0.15, 0.2) is 30.5 Å². The summed E-state index contributed by atoms with van der Waals surface area (Å²) in [5, 5.41) is 4.83. The van der Waals surface area contributed by atoms with Gasteiger partial charge in [0.05, 0.1) is 11.2 Å². The maximum Gasteiger partial charge on any atom is 0.344 e. The van der Waals surface area contributed by atoms with Crippen molar-refractivity contribution >= 4 is 35.1 Å². The second-order valence-corrected chi connectivity index (χ2v) is 8.79. The Morgan fingerprint density at radius 1 is 1.17 bits per heavy atom. The van der Waals surface area contributed by atoms with Crippen molar-refractivity contribution in [3.05, 3.63) is 51.8 Å². The third kappa shape index (κ3) is 3.99. The van der Waals surface area contributed by atoms with E-state index in [0.717, 1.165) is 34.7 Å². The summed E-state index contributed by atoms with van der Waals surface area (Å²) >= 11 is 12.2. The van der Waals surface area contributed by atoms with Crippen molar-refractivity contribution in [1.82, 2.24) is 19.6 Å². The van der Waals surface area contributed by atoms with Crippen molar-refractivity contribution in [1.29, 1.82) is 0 Å². The van der Waals surface area contributed by atoms with Gasteiger partial charge in [-0.1, -0.05) is 41.4 Å². The number of amides is 2. The highest BCUT2D eigenvalue weighted by atomic mass is 35.5. The van der Waals surface area contributed by atoms with E-state index in [1.54, 1.807) is 4.90 Å². The fourth-order valence-corrected chi connectivity index (χ4v) is 4.99. The Morgan fingerprint density at radius 3 is 2.41 bits per heavy atom. The molecule has 1 saturated carbocycles. The summed E-state index contributed by atoms with van der Waals surface area (Å²) in [5.74, 6) is 0.169. The normalized spacial score (nSPS) is 23.6. The largest absolute Gasteiger partial charge is 0.364 e. The second-order valence-electron chi connectivity index (χ2n) is 7.97. The smallest absolute Gasteiger partial charge is 0.344 e. The monoisotopic (exact) mass is 435 g/mol. The highest BCUT2D eigenvalue weighted by Crippen LogP contribution is 2.40. The SMILES string of the molecule is CN(Cc1ccccc1Cl)C1CC2CN(C(=O)n3cc(Cl)c(C(N)=O)n3)CC2C1. The van der Waals surface area contributed by atoms with Gasteiger partial charge in [-0.05, 0) is 43.4 Å². The Bertz CT molecular complexity index is 933. The Kier molecular flexibility index (Phi) is 5.55. The van der Waals surface area contributed by atoms with Gasteiger partial charge in [-0.15, -0.1) is 0 Å². The zero-order valence-electron chi connectivity index (χ0n) is 16.1. The van der Waals surface area contributed by atoms with E-state index in [1.807, 2.05) is 18.2 Å². The fraction of sp³-hybridized carbons (Fsp3) is 0.450. The summed E-state index contributed by atoms with van der Waals surface area (Å²) in [6.07, 6.45) is 3.43. The molecule has 1 aromatic heterocycles.